The molecule has 4 aromatic rings. The lowest BCUT2D eigenvalue weighted by Gasteiger charge is -2.35. The molecule has 8 nitrogen and oxygen atoms in total. The Hall–Kier alpha value is -3.52. The highest BCUT2D eigenvalue weighted by atomic mass is 16.3. The number of rotatable bonds is 3. The molecule has 1 aromatic carbocycles. The summed E-state index contributed by atoms with van der Waals surface area (Å²) in [5.74, 6) is 1.34. The molecule has 2 atom stereocenters. The van der Waals surface area contributed by atoms with E-state index in [4.69, 9.17) is 4.42 Å². The van der Waals surface area contributed by atoms with Crippen molar-refractivity contribution in [3.05, 3.63) is 48.3 Å². The summed E-state index contributed by atoms with van der Waals surface area (Å²) in [6.07, 6.45) is 1.66. The van der Waals surface area contributed by atoms with Crippen LogP contribution in [0.1, 0.15) is 19.5 Å². The summed E-state index contributed by atoms with van der Waals surface area (Å²) in [6, 6.07) is 11.8. The van der Waals surface area contributed by atoms with Gasteiger partial charge in [0.25, 0.3) is 0 Å². The minimum Gasteiger partial charge on any atom is -0.507 e. The fraction of sp³-hybridized carbons (Fsp3) is 0.304. The first-order valence-corrected chi connectivity index (χ1v) is 10.4. The molecule has 0 bridgehead atoms. The van der Waals surface area contributed by atoms with Crippen LogP contribution >= 0.6 is 0 Å². The Bertz CT molecular complexity index is 1230. The molecule has 1 saturated heterocycles. The molecule has 0 amide bonds. The van der Waals surface area contributed by atoms with Crippen LogP contribution in [-0.4, -0.2) is 50.4 Å². The quantitative estimate of drug-likeness (QED) is 0.523. The van der Waals surface area contributed by atoms with Crippen molar-refractivity contribution in [3.63, 3.8) is 0 Å². The maximum atomic E-state index is 10.6. The van der Waals surface area contributed by atoms with E-state index in [1.807, 2.05) is 31.2 Å². The van der Waals surface area contributed by atoms with Crippen LogP contribution in [0.15, 0.2) is 47.0 Å². The van der Waals surface area contributed by atoms with Gasteiger partial charge in [-0.15, -0.1) is 10.2 Å². The number of hydrogen-bond acceptors (Lipinski definition) is 8. The summed E-state index contributed by atoms with van der Waals surface area (Å²) < 4.78 is 5.89. The molecule has 0 radical (unpaired) electrons. The minimum atomic E-state index is 0.0929. The van der Waals surface area contributed by atoms with Gasteiger partial charge < -0.3 is 19.7 Å². The van der Waals surface area contributed by atoms with Gasteiger partial charge in [0, 0.05) is 48.1 Å². The zero-order valence-corrected chi connectivity index (χ0v) is 17.7. The third-order valence-corrected chi connectivity index (χ3v) is 5.46. The van der Waals surface area contributed by atoms with Gasteiger partial charge >= 0.3 is 0 Å². The van der Waals surface area contributed by atoms with Crippen LogP contribution in [0.5, 0.6) is 5.75 Å². The molecule has 0 aliphatic carbocycles. The highest BCUT2D eigenvalue weighted by Gasteiger charge is 2.23. The van der Waals surface area contributed by atoms with Crippen molar-refractivity contribution >= 4 is 17.0 Å². The topological polar surface area (TPSA) is 100 Å². The van der Waals surface area contributed by atoms with Crippen LogP contribution in [0.25, 0.3) is 33.7 Å². The highest BCUT2D eigenvalue weighted by molar-refractivity contribution is 5.81. The van der Waals surface area contributed by atoms with Gasteiger partial charge in [0.2, 0.25) is 5.95 Å². The normalized spacial score (nSPS) is 19.1. The zero-order chi connectivity index (χ0) is 21.5. The Morgan fingerprint density at radius 3 is 2.58 bits per heavy atom. The van der Waals surface area contributed by atoms with E-state index in [0.717, 1.165) is 29.9 Å². The second-order valence-corrected chi connectivity index (χ2v) is 8.20. The predicted octanol–water partition coefficient (Wildman–Crippen LogP) is 3.55. The highest BCUT2D eigenvalue weighted by Crippen LogP contribution is 2.34. The first-order valence-electron chi connectivity index (χ1n) is 10.4. The molecule has 31 heavy (non-hydrogen) atoms. The average Bonchev–Trinajstić information content (AvgIpc) is 3.16. The molecule has 1 fully saturated rings. The molecule has 1 aliphatic rings. The van der Waals surface area contributed by atoms with Crippen molar-refractivity contribution in [1.29, 1.82) is 0 Å². The summed E-state index contributed by atoms with van der Waals surface area (Å²) in [5, 5.41) is 22.8. The van der Waals surface area contributed by atoms with E-state index >= 15 is 0 Å². The first kappa shape index (κ1) is 19.4. The number of furan rings is 1. The Kier molecular flexibility index (Phi) is 4.78. The van der Waals surface area contributed by atoms with Crippen molar-refractivity contribution < 1.29 is 9.52 Å². The first-order chi connectivity index (χ1) is 15.0. The number of phenolic OH excluding ortho intramolecular Hbond substituents is 1. The lowest BCUT2D eigenvalue weighted by atomic mass is 10.1. The van der Waals surface area contributed by atoms with Gasteiger partial charge in [-0.25, -0.2) is 9.97 Å². The van der Waals surface area contributed by atoms with Crippen molar-refractivity contribution in [3.8, 4) is 28.3 Å². The van der Waals surface area contributed by atoms with E-state index in [-0.39, 0.29) is 5.75 Å². The number of piperazine rings is 1. The molecule has 4 heterocycles. The second-order valence-electron chi connectivity index (χ2n) is 8.20. The Labute approximate surface area is 180 Å². The van der Waals surface area contributed by atoms with Gasteiger partial charge in [-0.3, -0.25) is 0 Å². The van der Waals surface area contributed by atoms with Crippen LogP contribution in [0, 0.1) is 6.92 Å². The largest absolute Gasteiger partial charge is 0.507 e. The smallest absolute Gasteiger partial charge is 0.245 e. The average molecular weight is 416 g/mol. The fourth-order valence-electron chi connectivity index (χ4n) is 4.10. The molecule has 5 rings (SSSR count). The molecular formula is C23H24N6O2. The fourth-order valence-corrected chi connectivity index (χ4v) is 4.10. The second kappa shape index (κ2) is 7.63. The van der Waals surface area contributed by atoms with Crippen molar-refractivity contribution in [2.75, 3.05) is 18.0 Å². The van der Waals surface area contributed by atoms with E-state index in [1.165, 1.54) is 0 Å². The molecule has 0 unspecified atom stereocenters. The number of aromatic hydroxyl groups is 1. The van der Waals surface area contributed by atoms with E-state index in [2.05, 4.69) is 44.2 Å². The van der Waals surface area contributed by atoms with Crippen LogP contribution < -0.4 is 10.2 Å². The summed E-state index contributed by atoms with van der Waals surface area (Å²) in [4.78, 5) is 11.1. The van der Waals surface area contributed by atoms with Gasteiger partial charge in [0.05, 0.1) is 6.20 Å². The number of phenols is 1. The Morgan fingerprint density at radius 2 is 1.87 bits per heavy atom. The van der Waals surface area contributed by atoms with Crippen LogP contribution in [0.3, 0.4) is 0 Å². The van der Waals surface area contributed by atoms with Crippen LogP contribution in [0.2, 0.25) is 0 Å². The van der Waals surface area contributed by atoms with Gasteiger partial charge in [-0.05, 0) is 45.0 Å². The number of hydrogen-bond donors (Lipinski definition) is 2. The monoisotopic (exact) mass is 416 g/mol. The van der Waals surface area contributed by atoms with Gasteiger partial charge in [0.15, 0.2) is 5.58 Å². The number of aromatic nitrogens is 4. The van der Waals surface area contributed by atoms with Crippen molar-refractivity contribution in [2.24, 2.45) is 0 Å². The zero-order valence-electron chi connectivity index (χ0n) is 17.7. The molecule has 0 saturated carbocycles. The van der Waals surface area contributed by atoms with E-state index < -0.39 is 0 Å². The summed E-state index contributed by atoms with van der Waals surface area (Å²) in [6.45, 7) is 7.89. The molecule has 2 N–H and O–H groups in total. The Balaban J connectivity index is 1.40. The number of nitrogens with zero attached hydrogens (tertiary/aromatic N) is 5. The number of pyridine rings is 1. The molecule has 1 aliphatic heterocycles. The number of fused-ring (bicyclic) bond motifs is 1. The van der Waals surface area contributed by atoms with E-state index in [1.54, 1.807) is 18.3 Å². The van der Waals surface area contributed by atoms with Gasteiger partial charge in [-0.1, -0.05) is 6.07 Å². The third-order valence-electron chi connectivity index (χ3n) is 5.46. The third kappa shape index (κ3) is 3.82. The predicted molar refractivity (Wildman–Crippen MR) is 119 cm³/mol. The van der Waals surface area contributed by atoms with Crippen molar-refractivity contribution in [1.82, 2.24) is 25.5 Å². The molecule has 0 spiro atoms. The van der Waals surface area contributed by atoms with Gasteiger partial charge in [0.1, 0.15) is 22.7 Å². The lowest BCUT2D eigenvalue weighted by molar-refractivity contribution is 0.402. The lowest BCUT2D eigenvalue weighted by Crippen LogP contribution is -2.54. The van der Waals surface area contributed by atoms with Crippen LogP contribution in [-0.2, 0) is 0 Å². The minimum absolute atomic E-state index is 0.0929. The summed E-state index contributed by atoms with van der Waals surface area (Å²) >= 11 is 0. The number of anilines is 1. The standard InChI is InChI=1S/C23H24N6O2/c1-13-4-7-21-18(26-13)9-22(31-21)16-5-6-17(20(30)8-16)19-10-24-23(28-27-19)29-11-14(2)25-15(3)12-29/h4-10,14-15,25,30H,11-12H2,1-3H3/t14-,15+. The number of aryl methyl sites for hydroxylation is 1. The molecule has 3 aromatic heterocycles. The molecule has 8 heteroatoms. The van der Waals surface area contributed by atoms with E-state index in [0.29, 0.717) is 40.6 Å². The Morgan fingerprint density at radius 1 is 1.06 bits per heavy atom. The maximum absolute atomic E-state index is 10.6. The maximum Gasteiger partial charge on any atom is 0.245 e. The van der Waals surface area contributed by atoms with Crippen LogP contribution in [0.4, 0.5) is 5.95 Å². The number of nitrogens with one attached hydrogen (secondary N) is 1. The molecular weight excluding hydrogens is 392 g/mol. The molecule has 158 valence electrons. The summed E-state index contributed by atoms with van der Waals surface area (Å²) in [7, 11) is 0. The van der Waals surface area contributed by atoms with Gasteiger partial charge in [-0.2, -0.15) is 0 Å². The van der Waals surface area contributed by atoms with Crippen molar-refractivity contribution in [2.45, 2.75) is 32.9 Å². The summed E-state index contributed by atoms with van der Waals surface area (Å²) in [5.41, 5.74) is 4.29. The SMILES string of the molecule is Cc1ccc2oc(-c3ccc(-c4cnc(N5C[C@@H](C)N[C@@H](C)C5)nn4)c(O)c3)cc2n1. The van der Waals surface area contributed by atoms with E-state index in [9.17, 15) is 5.11 Å². The number of benzene rings is 1.